The van der Waals surface area contributed by atoms with E-state index in [1.165, 1.54) is 12.8 Å². The van der Waals surface area contributed by atoms with Crippen LogP contribution in [0.25, 0.3) is 0 Å². The minimum Gasteiger partial charge on any atom is -0.488 e. The van der Waals surface area contributed by atoms with Gasteiger partial charge in [-0.3, -0.25) is 4.99 Å². The summed E-state index contributed by atoms with van der Waals surface area (Å²) in [6.45, 7) is 7.91. The fourth-order valence-electron chi connectivity index (χ4n) is 2.04. The molecule has 4 nitrogen and oxygen atoms in total. The molecule has 0 radical (unpaired) electrons. The molecule has 0 amide bonds. The Labute approximate surface area is 128 Å². The van der Waals surface area contributed by atoms with E-state index in [1.807, 2.05) is 18.2 Å². The summed E-state index contributed by atoms with van der Waals surface area (Å²) in [4.78, 5) is 4.26. The lowest BCUT2D eigenvalue weighted by molar-refractivity contribution is 0.129. The molecule has 0 saturated heterocycles. The van der Waals surface area contributed by atoms with Crippen molar-refractivity contribution in [3.63, 3.8) is 0 Å². The van der Waals surface area contributed by atoms with Crippen molar-refractivity contribution in [3.05, 3.63) is 29.8 Å². The molecular formula is C17H27N3O. The molecule has 4 heteroatoms. The molecule has 1 aromatic rings. The SMILES string of the molecule is CN=C(NCc1ccccc1OC(C)(C)C)NCC1CC1. The van der Waals surface area contributed by atoms with Gasteiger partial charge in [-0.05, 0) is 45.6 Å². The Morgan fingerprint density at radius 3 is 2.57 bits per heavy atom. The number of hydrogen-bond acceptors (Lipinski definition) is 2. The third-order valence-corrected chi connectivity index (χ3v) is 3.31. The molecule has 2 rings (SSSR count). The Bertz CT molecular complexity index is 487. The van der Waals surface area contributed by atoms with E-state index in [2.05, 4.69) is 42.5 Å². The van der Waals surface area contributed by atoms with E-state index in [-0.39, 0.29) is 5.60 Å². The molecule has 1 aromatic carbocycles. The van der Waals surface area contributed by atoms with E-state index in [9.17, 15) is 0 Å². The van der Waals surface area contributed by atoms with Crippen LogP contribution in [-0.4, -0.2) is 25.2 Å². The molecule has 1 fully saturated rings. The molecule has 0 aromatic heterocycles. The third-order valence-electron chi connectivity index (χ3n) is 3.31. The minimum atomic E-state index is -0.192. The maximum Gasteiger partial charge on any atom is 0.191 e. The molecule has 0 aliphatic heterocycles. The van der Waals surface area contributed by atoms with Gasteiger partial charge in [0.1, 0.15) is 11.4 Å². The summed E-state index contributed by atoms with van der Waals surface area (Å²) in [6, 6.07) is 8.14. The second-order valence-electron chi connectivity index (χ2n) is 6.57. The molecule has 0 spiro atoms. The number of benzene rings is 1. The lowest BCUT2D eigenvalue weighted by Gasteiger charge is -2.23. The minimum absolute atomic E-state index is 0.192. The number of hydrogen-bond donors (Lipinski definition) is 2. The summed E-state index contributed by atoms with van der Waals surface area (Å²) in [5, 5.41) is 6.72. The van der Waals surface area contributed by atoms with Gasteiger partial charge < -0.3 is 15.4 Å². The maximum atomic E-state index is 6.01. The monoisotopic (exact) mass is 289 g/mol. The smallest absolute Gasteiger partial charge is 0.191 e. The van der Waals surface area contributed by atoms with Gasteiger partial charge in [0.25, 0.3) is 0 Å². The van der Waals surface area contributed by atoms with Gasteiger partial charge in [0, 0.05) is 25.7 Å². The van der Waals surface area contributed by atoms with Crippen LogP contribution in [0.3, 0.4) is 0 Å². The van der Waals surface area contributed by atoms with Crippen molar-refractivity contribution in [2.45, 2.75) is 45.8 Å². The molecule has 116 valence electrons. The molecular weight excluding hydrogens is 262 g/mol. The predicted molar refractivity (Wildman–Crippen MR) is 87.7 cm³/mol. The van der Waals surface area contributed by atoms with Crippen molar-refractivity contribution >= 4 is 5.96 Å². The molecule has 0 heterocycles. The number of nitrogens with zero attached hydrogens (tertiary/aromatic N) is 1. The molecule has 0 bridgehead atoms. The fourth-order valence-corrected chi connectivity index (χ4v) is 2.04. The van der Waals surface area contributed by atoms with Crippen LogP contribution in [0.1, 0.15) is 39.2 Å². The Morgan fingerprint density at radius 1 is 1.24 bits per heavy atom. The van der Waals surface area contributed by atoms with Crippen LogP contribution in [0, 0.1) is 5.92 Å². The number of guanidine groups is 1. The van der Waals surface area contributed by atoms with Crippen LogP contribution < -0.4 is 15.4 Å². The fraction of sp³-hybridized carbons (Fsp3) is 0.588. The summed E-state index contributed by atoms with van der Waals surface area (Å²) < 4.78 is 6.01. The largest absolute Gasteiger partial charge is 0.488 e. The standard InChI is InChI=1S/C17H27N3O/c1-17(2,3)21-15-8-6-5-7-14(15)12-20-16(18-4)19-11-13-9-10-13/h5-8,13H,9-12H2,1-4H3,(H2,18,19,20). The van der Waals surface area contributed by atoms with Gasteiger partial charge in [-0.1, -0.05) is 18.2 Å². The molecule has 21 heavy (non-hydrogen) atoms. The first-order chi connectivity index (χ1) is 9.98. The number of aliphatic imine (C=N–C) groups is 1. The lowest BCUT2D eigenvalue weighted by Crippen LogP contribution is -2.38. The number of para-hydroxylation sites is 1. The van der Waals surface area contributed by atoms with Crippen LogP contribution in [0.5, 0.6) is 5.75 Å². The first-order valence-electron chi connectivity index (χ1n) is 7.69. The number of ether oxygens (including phenoxy) is 1. The van der Waals surface area contributed by atoms with Crippen molar-refractivity contribution in [2.24, 2.45) is 10.9 Å². The Kier molecular flexibility index (Phi) is 5.10. The topological polar surface area (TPSA) is 45.7 Å². The van der Waals surface area contributed by atoms with Gasteiger partial charge in [0.15, 0.2) is 5.96 Å². The zero-order chi connectivity index (χ0) is 15.3. The molecule has 0 unspecified atom stereocenters. The zero-order valence-electron chi connectivity index (χ0n) is 13.6. The first-order valence-corrected chi connectivity index (χ1v) is 7.69. The average molecular weight is 289 g/mol. The zero-order valence-corrected chi connectivity index (χ0v) is 13.6. The van der Waals surface area contributed by atoms with Crippen molar-refractivity contribution in [3.8, 4) is 5.75 Å². The summed E-state index contributed by atoms with van der Waals surface area (Å²) in [7, 11) is 1.81. The number of rotatable bonds is 5. The van der Waals surface area contributed by atoms with Gasteiger partial charge >= 0.3 is 0 Å². The molecule has 2 N–H and O–H groups in total. The van der Waals surface area contributed by atoms with E-state index in [1.54, 1.807) is 7.05 Å². The van der Waals surface area contributed by atoms with Gasteiger partial charge in [0.2, 0.25) is 0 Å². The Morgan fingerprint density at radius 2 is 1.95 bits per heavy atom. The highest BCUT2D eigenvalue weighted by Gasteiger charge is 2.21. The van der Waals surface area contributed by atoms with Crippen molar-refractivity contribution in [2.75, 3.05) is 13.6 Å². The maximum absolute atomic E-state index is 6.01. The highest BCUT2D eigenvalue weighted by Crippen LogP contribution is 2.27. The van der Waals surface area contributed by atoms with Gasteiger partial charge in [-0.15, -0.1) is 0 Å². The van der Waals surface area contributed by atoms with Crippen LogP contribution in [0.2, 0.25) is 0 Å². The van der Waals surface area contributed by atoms with E-state index in [0.717, 1.165) is 29.7 Å². The van der Waals surface area contributed by atoms with Crippen LogP contribution in [-0.2, 0) is 6.54 Å². The first kappa shape index (κ1) is 15.7. The lowest BCUT2D eigenvalue weighted by atomic mass is 10.1. The normalized spacial score (nSPS) is 15.7. The summed E-state index contributed by atoms with van der Waals surface area (Å²) in [6.07, 6.45) is 2.68. The van der Waals surface area contributed by atoms with Crippen molar-refractivity contribution in [1.29, 1.82) is 0 Å². The van der Waals surface area contributed by atoms with E-state index in [0.29, 0.717) is 6.54 Å². The van der Waals surface area contributed by atoms with Gasteiger partial charge in [-0.25, -0.2) is 0 Å². The van der Waals surface area contributed by atoms with Crippen LogP contribution in [0.4, 0.5) is 0 Å². The second kappa shape index (κ2) is 6.83. The van der Waals surface area contributed by atoms with E-state index in [4.69, 9.17) is 4.74 Å². The van der Waals surface area contributed by atoms with Crippen molar-refractivity contribution < 1.29 is 4.74 Å². The van der Waals surface area contributed by atoms with Crippen molar-refractivity contribution in [1.82, 2.24) is 10.6 Å². The van der Waals surface area contributed by atoms with Gasteiger partial charge in [-0.2, -0.15) is 0 Å². The second-order valence-corrected chi connectivity index (χ2v) is 6.57. The predicted octanol–water partition coefficient (Wildman–Crippen LogP) is 2.94. The van der Waals surface area contributed by atoms with Gasteiger partial charge in [0.05, 0.1) is 0 Å². The molecule has 1 aliphatic rings. The summed E-state index contributed by atoms with van der Waals surface area (Å²) in [5.74, 6) is 2.61. The highest BCUT2D eigenvalue weighted by molar-refractivity contribution is 5.79. The summed E-state index contributed by atoms with van der Waals surface area (Å²) in [5.41, 5.74) is 0.948. The number of nitrogens with one attached hydrogen (secondary N) is 2. The van der Waals surface area contributed by atoms with Crippen LogP contribution >= 0.6 is 0 Å². The Balaban J connectivity index is 1.91. The Hall–Kier alpha value is -1.71. The average Bonchev–Trinajstić information content (AvgIpc) is 3.23. The van der Waals surface area contributed by atoms with E-state index < -0.39 is 0 Å². The van der Waals surface area contributed by atoms with Crippen LogP contribution in [0.15, 0.2) is 29.3 Å². The molecule has 1 saturated carbocycles. The van der Waals surface area contributed by atoms with E-state index >= 15 is 0 Å². The summed E-state index contributed by atoms with van der Waals surface area (Å²) >= 11 is 0. The third kappa shape index (κ3) is 5.66. The molecule has 0 atom stereocenters. The quantitative estimate of drug-likeness (QED) is 0.647. The molecule has 1 aliphatic carbocycles. The highest BCUT2D eigenvalue weighted by atomic mass is 16.5.